The van der Waals surface area contributed by atoms with E-state index in [-0.39, 0.29) is 11.7 Å². The van der Waals surface area contributed by atoms with Crippen LogP contribution in [0.2, 0.25) is 0 Å². The summed E-state index contributed by atoms with van der Waals surface area (Å²) in [6.45, 7) is 7.85. The Morgan fingerprint density at radius 1 is 1.55 bits per heavy atom. The predicted octanol–water partition coefficient (Wildman–Crippen LogP) is 2.02. The van der Waals surface area contributed by atoms with Gasteiger partial charge >= 0.3 is 0 Å². The van der Waals surface area contributed by atoms with E-state index in [0.29, 0.717) is 0 Å². The lowest BCUT2D eigenvalue weighted by molar-refractivity contribution is 0.00317. The number of nitrogens with zero attached hydrogens (tertiary/aromatic N) is 1. The Morgan fingerprint density at radius 2 is 2.09 bits per heavy atom. The quantitative estimate of drug-likeness (QED) is 0.530. The third-order valence-corrected chi connectivity index (χ3v) is 2.31. The molecule has 1 atom stereocenters. The molecule has 0 fully saturated rings. The van der Waals surface area contributed by atoms with E-state index in [1.54, 1.807) is 0 Å². The first kappa shape index (κ1) is 8.29. The third-order valence-electron chi connectivity index (χ3n) is 2.31. The molecule has 0 aromatic heterocycles. The fourth-order valence-electron chi connectivity index (χ4n) is 1.39. The number of hydrogen-bond donors (Lipinski definition) is 0. The highest BCUT2D eigenvalue weighted by Crippen LogP contribution is 2.34. The first-order chi connectivity index (χ1) is 4.99. The van der Waals surface area contributed by atoms with Crippen LogP contribution in [-0.2, 0) is 4.74 Å². The first-order valence-corrected chi connectivity index (χ1v) is 3.78. The average molecular weight is 151 g/mol. The van der Waals surface area contributed by atoms with Crippen molar-refractivity contribution in [2.75, 3.05) is 0 Å². The summed E-state index contributed by atoms with van der Waals surface area (Å²) in [6, 6.07) is 2.17. The van der Waals surface area contributed by atoms with Crippen LogP contribution in [0.4, 0.5) is 0 Å². The monoisotopic (exact) mass is 151 g/mol. The number of hydrogen-bond acceptors (Lipinski definition) is 2. The molecule has 1 heterocycles. The Labute approximate surface area is 67.5 Å². The average Bonchev–Trinajstić information content (AvgIpc) is 2.04. The standard InChI is InChI=1S/C9H13NO/c1-6-8(5-10)7(2)11-9(6,3)4/h7H,1-4H3. The van der Waals surface area contributed by atoms with Crippen LogP contribution in [0.3, 0.4) is 0 Å². The van der Waals surface area contributed by atoms with Crippen molar-refractivity contribution in [1.82, 2.24) is 0 Å². The van der Waals surface area contributed by atoms with Crippen molar-refractivity contribution >= 4 is 0 Å². The van der Waals surface area contributed by atoms with Gasteiger partial charge in [-0.2, -0.15) is 5.26 Å². The Kier molecular flexibility index (Phi) is 1.77. The summed E-state index contributed by atoms with van der Waals surface area (Å²) in [5.74, 6) is 0. The molecule has 0 bridgehead atoms. The van der Waals surface area contributed by atoms with E-state index in [1.807, 2.05) is 27.7 Å². The fraction of sp³-hybridized carbons (Fsp3) is 0.667. The molecular weight excluding hydrogens is 138 g/mol. The molecule has 1 unspecified atom stereocenters. The first-order valence-electron chi connectivity index (χ1n) is 3.78. The number of ether oxygens (including phenoxy) is 1. The summed E-state index contributed by atoms with van der Waals surface area (Å²) in [5, 5.41) is 8.75. The Morgan fingerprint density at radius 3 is 2.27 bits per heavy atom. The van der Waals surface area contributed by atoms with Crippen LogP contribution in [-0.4, -0.2) is 11.7 Å². The summed E-state index contributed by atoms with van der Waals surface area (Å²) >= 11 is 0. The van der Waals surface area contributed by atoms with Gasteiger partial charge in [-0.05, 0) is 33.3 Å². The molecule has 0 radical (unpaired) electrons. The van der Waals surface area contributed by atoms with E-state index in [4.69, 9.17) is 10.00 Å². The third kappa shape index (κ3) is 1.17. The van der Waals surface area contributed by atoms with Crippen molar-refractivity contribution in [3.05, 3.63) is 11.1 Å². The van der Waals surface area contributed by atoms with Crippen molar-refractivity contribution in [3.8, 4) is 6.07 Å². The molecule has 1 aliphatic heterocycles. The van der Waals surface area contributed by atoms with Gasteiger partial charge in [-0.3, -0.25) is 0 Å². The van der Waals surface area contributed by atoms with Crippen LogP contribution in [0.15, 0.2) is 11.1 Å². The molecule has 60 valence electrons. The second-order valence-corrected chi connectivity index (χ2v) is 3.42. The number of rotatable bonds is 0. The van der Waals surface area contributed by atoms with Crippen LogP contribution in [0.1, 0.15) is 27.7 Å². The van der Waals surface area contributed by atoms with E-state index in [9.17, 15) is 0 Å². The molecule has 11 heavy (non-hydrogen) atoms. The van der Waals surface area contributed by atoms with Gasteiger partial charge in [-0.15, -0.1) is 0 Å². The zero-order chi connectivity index (χ0) is 8.65. The lowest BCUT2D eigenvalue weighted by Crippen LogP contribution is -2.22. The molecule has 0 amide bonds. The van der Waals surface area contributed by atoms with Gasteiger partial charge in [0.25, 0.3) is 0 Å². The molecule has 2 heteroatoms. The van der Waals surface area contributed by atoms with Crippen molar-refractivity contribution in [2.45, 2.75) is 39.4 Å². The zero-order valence-electron chi connectivity index (χ0n) is 7.43. The minimum atomic E-state index is -0.246. The molecule has 0 spiro atoms. The smallest absolute Gasteiger partial charge is 0.0975 e. The molecule has 1 aliphatic rings. The van der Waals surface area contributed by atoms with Crippen LogP contribution in [0.5, 0.6) is 0 Å². The van der Waals surface area contributed by atoms with Crippen LogP contribution in [0, 0.1) is 11.3 Å². The highest BCUT2D eigenvalue weighted by atomic mass is 16.5. The maximum Gasteiger partial charge on any atom is 0.0975 e. The van der Waals surface area contributed by atoms with Gasteiger partial charge < -0.3 is 4.74 Å². The van der Waals surface area contributed by atoms with Gasteiger partial charge in [0.05, 0.1) is 23.3 Å². The molecule has 0 aromatic carbocycles. The summed E-state index contributed by atoms with van der Waals surface area (Å²) in [4.78, 5) is 0. The number of nitriles is 1. The van der Waals surface area contributed by atoms with Crippen LogP contribution < -0.4 is 0 Å². The Hall–Kier alpha value is -0.810. The van der Waals surface area contributed by atoms with Gasteiger partial charge in [0.15, 0.2) is 0 Å². The van der Waals surface area contributed by atoms with Gasteiger partial charge in [0.1, 0.15) is 0 Å². The summed E-state index contributed by atoms with van der Waals surface area (Å²) in [5.41, 5.74) is 1.60. The topological polar surface area (TPSA) is 33.0 Å². The van der Waals surface area contributed by atoms with E-state index >= 15 is 0 Å². The van der Waals surface area contributed by atoms with Crippen LogP contribution >= 0.6 is 0 Å². The van der Waals surface area contributed by atoms with E-state index in [1.165, 1.54) is 0 Å². The van der Waals surface area contributed by atoms with E-state index < -0.39 is 0 Å². The van der Waals surface area contributed by atoms with Crippen molar-refractivity contribution in [2.24, 2.45) is 0 Å². The maximum absolute atomic E-state index is 8.75. The van der Waals surface area contributed by atoms with E-state index in [0.717, 1.165) is 11.1 Å². The zero-order valence-corrected chi connectivity index (χ0v) is 7.43. The van der Waals surface area contributed by atoms with E-state index in [2.05, 4.69) is 6.07 Å². The molecule has 0 aliphatic carbocycles. The summed E-state index contributed by atoms with van der Waals surface area (Å²) in [6.07, 6.45) is -0.0324. The highest BCUT2D eigenvalue weighted by molar-refractivity contribution is 5.38. The summed E-state index contributed by atoms with van der Waals surface area (Å²) in [7, 11) is 0. The van der Waals surface area contributed by atoms with Crippen molar-refractivity contribution in [3.63, 3.8) is 0 Å². The predicted molar refractivity (Wildman–Crippen MR) is 42.9 cm³/mol. The lowest BCUT2D eigenvalue weighted by atomic mass is 9.97. The Balaban J connectivity index is 3.07. The van der Waals surface area contributed by atoms with Gasteiger partial charge in [-0.25, -0.2) is 0 Å². The molecule has 0 saturated heterocycles. The second-order valence-electron chi connectivity index (χ2n) is 3.42. The molecular formula is C9H13NO. The van der Waals surface area contributed by atoms with Gasteiger partial charge in [-0.1, -0.05) is 0 Å². The van der Waals surface area contributed by atoms with Gasteiger partial charge in [0, 0.05) is 0 Å². The SMILES string of the molecule is CC1=C(C#N)C(C)OC1(C)C. The maximum atomic E-state index is 8.75. The largest absolute Gasteiger partial charge is 0.363 e. The van der Waals surface area contributed by atoms with Crippen molar-refractivity contribution < 1.29 is 4.74 Å². The van der Waals surface area contributed by atoms with Crippen molar-refractivity contribution in [1.29, 1.82) is 5.26 Å². The minimum absolute atomic E-state index is 0.0324. The lowest BCUT2D eigenvalue weighted by Gasteiger charge is -2.20. The second kappa shape index (κ2) is 2.35. The van der Waals surface area contributed by atoms with Crippen LogP contribution in [0.25, 0.3) is 0 Å². The molecule has 0 N–H and O–H groups in total. The molecule has 0 aromatic rings. The molecule has 0 saturated carbocycles. The van der Waals surface area contributed by atoms with Gasteiger partial charge in [0.2, 0.25) is 0 Å². The highest BCUT2D eigenvalue weighted by Gasteiger charge is 2.35. The molecule has 1 rings (SSSR count). The normalized spacial score (nSPS) is 28.8. The Bertz CT molecular complexity index is 245. The minimum Gasteiger partial charge on any atom is -0.363 e. The summed E-state index contributed by atoms with van der Waals surface area (Å²) < 4.78 is 5.57. The fourth-order valence-corrected chi connectivity index (χ4v) is 1.39. The molecule has 2 nitrogen and oxygen atoms in total.